The molecular formula is C132H96BN5O2. The maximum Gasteiger partial charge on any atom is 0.252 e. The first-order chi connectivity index (χ1) is 74.1. The molecule has 0 spiro atoms. The Hall–Kier alpha value is -16.9. The van der Waals surface area contributed by atoms with Crippen LogP contribution in [-0.4, -0.2) is 20.4 Å². The minimum Gasteiger partial charge on any atom is -0.456 e. The Kier molecular flexibility index (Phi) is 14.7. The maximum atomic E-state index is 10.8. The highest BCUT2D eigenvalue weighted by Crippen LogP contribution is 2.58. The molecule has 7 nitrogen and oxygen atoms in total. The molecule has 0 atom stereocenters. The number of para-hydroxylation sites is 5. The van der Waals surface area contributed by atoms with E-state index >= 15 is 0 Å². The first-order valence-electron chi connectivity index (χ1n) is 55.0. The molecule has 0 radical (unpaired) electrons. The van der Waals surface area contributed by atoms with Crippen molar-refractivity contribution in [1.29, 1.82) is 0 Å². The zero-order valence-corrected chi connectivity index (χ0v) is 78.4. The fourth-order valence-electron chi connectivity index (χ4n) is 22.5. The largest absolute Gasteiger partial charge is 0.456 e. The number of fused-ring (bicyclic) bond motifs is 32. The van der Waals surface area contributed by atoms with Gasteiger partial charge in [0.05, 0.1) is 63.7 Å². The third-order valence-electron chi connectivity index (χ3n) is 29.4. The number of hydrogen-bond acceptors (Lipinski definition) is 4. The minimum atomic E-state index is -0.822. The Labute approximate surface area is 832 Å². The van der Waals surface area contributed by atoms with Gasteiger partial charge in [-0.25, -0.2) is 0 Å². The van der Waals surface area contributed by atoms with Crippen LogP contribution < -0.4 is 26.2 Å². The van der Waals surface area contributed by atoms with Crippen molar-refractivity contribution in [2.24, 2.45) is 0 Å². The molecule has 20 aromatic carbocycles. The van der Waals surface area contributed by atoms with Crippen molar-refractivity contribution in [3.8, 4) is 106 Å². The van der Waals surface area contributed by atoms with E-state index in [-0.39, 0.29) is 91.0 Å². The van der Waals surface area contributed by atoms with Gasteiger partial charge in [-0.2, -0.15) is 0 Å². The zero-order valence-electron chi connectivity index (χ0n) is 92.4. The number of furan rings is 2. The van der Waals surface area contributed by atoms with Crippen LogP contribution in [0.1, 0.15) is 98.2 Å². The molecule has 13 bridgehead atoms. The summed E-state index contributed by atoms with van der Waals surface area (Å²) in [6, 6.07) is 110. The average Bonchev–Trinajstić information content (AvgIpc) is 1.00. The molecule has 664 valence electrons. The van der Waals surface area contributed by atoms with Crippen molar-refractivity contribution in [3.63, 3.8) is 0 Å². The fourth-order valence-corrected chi connectivity index (χ4v) is 22.5. The predicted octanol–water partition coefficient (Wildman–Crippen LogP) is 34.4. The molecule has 140 heavy (non-hydrogen) atoms. The molecule has 28 rings (SSSR count). The van der Waals surface area contributed by atoms with Crippen LogP contribution in [-0.2, 0) is 16.2 Å². The van der Waals surface area contributed by atoms with Gasteiger partial charge < -0.3 is 32.3 Å². The Morgan fingerprint density at radius 1 is 0.229 bits per heavy atom. The number of benzene rings is 20. The van der Waals surface area contributed by atoms with Gasteiger partial charge in [0.1, 0.15) is 22.3 Å². The smallest absolute Gasteiger partial charge is 0.252 e. The highest BCUT2D eigenvalue weighted by atomic mass is 16.3. The summed E-state index contributed by atoms with van der Waals surface area (Å²) < 4.78 is 163. The summed E-state index contributed by atoms with van der Waals surface area (Å²) in [5.74, 6) is 0. The molecule has 0 N–H and O–H groups in total. The topological polar surface area (TPSA) is 47.6 Å². The van der Waals surface area contributed by atoms with Crippen LogP contribution in [0.5, 0.6) is 0 Å². The molecule has 5 aromatic heterocycles. The first-order valence-corrected chi connectivity index (χ1v) is 48.0. The van der Waals surface area contributed by atoms with Crippen molar-refractivity contribution >= 4 is 167 Å². The average molecular weight is 1810 g/mol. The normalized spacial score (nSPS) is 14.4. The monoisotopic (exact) mass is 1810 g/mol. The van der Waals surface area contributed by atoms with Gasteiger partial charge >= 0.3 is 0 Å². The molecular weight excluding hydrogens is 1700 g/mol. The maximum absolute atomic E-state index is 10.8. The zero-order chi connectivity index (χ0) is 106. The summed E-state index contributed by atoms with van der Waals surface area (Å²) in [5, 5.41) is 5.27. The van der Waals surface area contributed by atoms with E-state index in [1.807, 2.05) is 91.0 Å². The summed E-state index contributed by atoms with van der Waals surface area (Å²) in [7, 11) is 0. The van der Waals surface area contributed by atoms with E-state index in [9.17, 15) is 19.2 Å². The number of anilines is 6. The Bertz CT molecular complexity index is 9970. The first kappa shape index (κ1) is 68.1. The van der Waals surface area contributed by atoms with Crippen molar-refractivity contribution < 1.29 is 28.0 Å². The second kappa shape index (κ2) is 30.3. The summed E-state index contributed by atoms with van der Waals surface area (Å²) in [6.07, 6.45) is 0. The van der Waals surface area contributed by atoms with Gasteiger partial charge in [0.15, 0.2) is 0 Å². The molecule has 0 saturated heterocycles. The van der Waals surface area contributed by atoms with Crippen LogP contribution in [0.3, 0.4) is 0 Å². The van der Waals surface area contributed by atoms with Crippen molar-refractivity contribution in [1.82, 2.24) is 13.7 Å². The quantitative estimate of drug-likeness (QED) is 0.149. The lowest BCUT2D eigenvalue weighted by molar-refractivity contribution is 0.590. The van der Waals surface area contributed by atoms with E-state index in [0.717, 1.165) is 172 Å². The van der Waals surface area contributed by atoms with E-state index in [2.05, 4.69) is 295 Å². The lowest BCUT2D eigenvalue weighted by atomic mass is 9.33. The summed E-state index contributed by atoms with van der Waals surface area (Å²) in [6.45, 7) is 19.3. The van der Waals surface area contributed by atoms with Crippen LogP contribution in [0.4, 0.5) is 34.1 Å². The number of aromatic nitrogens is 3. The molecule has 3 aliphatic rings. The highest BCUT2D eigenvalue weighted by molar-refractivity contribution is 7.00. The van der Waals surface area contributed by atoms with Gasteiger partial charge in [0.25, 0.3) is 6.71 Å². The van der Waals surface area contributed by atoms with Crippen molar-refractivity contribution in [2.75, 3.05) is 9.80 Å². The van der Waals surface area contributed by atoms with Gasteiger partial charge in [-0.05, 0) is 298 Å². The van der Waals surface area contributed by atoms with Gasteiger partial charge in [-0.15, -0.1) is 0 Å². The summed E-state index contributed by atoms with van der Waals surface area (Å²) in [5.41, 5.74) is 26.1. The third kappa shape index (κ3) is 12.5. The lowest BCUT2D eigenvalue weighted by Crippen LogP contribution is -2.61. The summed E-state index contributed by atoms with van der Waals surface area (Å²) in [4.78, 5) is 4.86. The van der Waals surface area contributed by atoms with Crippen LogP contribution in [0.2, 0.25) is 0 Å². The molecule has 0 unspecified atom stereocenters. The van der Waals surface area contributed by atoms with Gasteiger partial charge in [-0.1, -0.05) is 299 Å². The molecule has 0 aliphatic carbocycles. The second-order valence-electron chi connectivity index (χ2n) is 40.8. The molecule has 0 amide bonds. The molecule has 8 heteroatoms. The predicted molar refractivity (Wildman–Crippen MR) is 591 cm³/mol. The second-order valence-corrected chi connectivity index (χ2v) is 40.8. The standard InChI is InChI=1S/C132H96BN5O2/c1-130(2,3)91-71-101(79-29-13-10-14-30-79)128-103(73-91)89-35-27-33-81(63-89)83-47-59-117-107(67-83)108-68-84(48-60-118(108)134(117)94-37-17-12-18-38-94)82-34-28-36-90(64-82)104-74-92(131(4,5)6)72-102(80-31-15-11-16-32-80)129(104)138-120-78-96(136-114-44-24-20-40-98(114)106-66-86(50-58-116(106)136)88-52-62-126-110(70-88)100-42-22-26-46-124(100)140-126)54-56-112(120)133-111-55-53-95(77-119(111)137(128)121-75-93(132(7,8)9)76-122(138)127(121)133)135-113-43-23-19-39-97(113)105-65-85(49-57-115(105)135)87-51-61-125-109(69-87)99-41-21-25-45-123(99)139-125/h10-78H,1-9H3/i19D,20D,23D,24D,39D,40D,43D,44D,49D,50D,57D,58D,65D,66D. The van der Waals surface area contributed by atoms with Crippen molar-refractivity contribution in [3.05, 3.63) is 435 Å². The molecule has 0 saturated carbocycles. The number of rotatable bonds is 7. The Morgan fingerprint density at radius 2 is 0.579 bits per heavy atom. The highest BCUT2D eigenvalue weighted by Gasteiger charge is 2.47. The van der Waals surface area contributed by atoms with Gasteiger partial charge in [0.2, 0.25) is 0 Å². The SMILES string of the molecule is [2H]c1c([2H])c([2H])c2c(c1[2H])c1c([2H])c(-c3ccc4oc5ccccc5c4c3)c([2H])c([2H])c1n2-c1ccc2c(c1)N1c3cc(C(C)(C)C)cc4c3B2c2ccc(-n3c5c([2H])c([2H])c([2H])c([2H])c5c5c([2H])c(-c6ccc7oc8ccccc8c7c6)c([2H])c([2H])c53)cc2N4c2c(-c3ccccc3)cc(C(C)(C)C)cc2-c2cccc(c2)-c2ccc3c(c2)c2cc(ccc2n3-c2ccccc2)-c2cccc(c2)-c2cc(C(C)(C)C)cc(-c3ccccc3)c21. The summed E-state index contributed by atoms with van der Waals surface area (Å²) >= 11 is 0. The third-order valence-corrected chi connectivity index (χ3v) is 29.4. The van der Waals surface area contributed by atoms with Crippen LogP contribution in [0.15, 0.2) is 427 Å². The molecule has 3 aliphatic heterocycles. The van der Waals surface area contributed by atoms with Crippen LogP contribution in [0, 0.1) is 0 Å². The van der Waals surface area contributed by atoms with Crippen LogP contribution >= 0.6 is 0 Å². The van der Waals surface area contributed by atoms with E-state index in [0.29, 0.717) is 56.2 Å². The van der Waals surface area contributed by atoms with Crippen LogP contribution in [0.25, 0.3) is 215 Å². The van der Waals surface area contributed by atoms with E-state index < -0.39 is 71.3 Å². The number of nitrogens with zero attached hydrogens (tertiary/aromatic N) is 5. The molecule has 0 fully saturated rings. The van der Waals surface area contributed by atoms with E-state index in [4.69, 9.17) is 8.83 Å². The Balaban J connectivity index is 0.815. The Morgan fingerprint density at radius 3 is 1.03 bits per heavy atom. The fraction of sp³-hybridized carbons (Fsp3) is 0.0909. The molecule has 25 aromatic rings. The van der Waals surface area contributed by atoms with E-state index in [1.165, 1.54) is 0 Å². The van der Waals surface area contributed by atoms with Gasteiger partial charge in [-0.3, -0.25) is 0 Å². The van der Waals surface area contributed by atoms with Crippen molar-refractivity contribution in [2.45, 2.75) is 78.6 Å². The van der Waals surface area contributed by atoms with Gasteiger partial charge in [0, 0.05) is 116 Å². The molecule has 8 heterocycles. The number of hydrogen-bond donors (Lipinski definition) is 0. The van der Waals surface area contributed by atoms with E-state index in [1.54, 1.807) is 33.4 Å². The lowest BCUT2D eigenvalue weighted by Gasteiger charge is -2.47. The minimum absolute atomic E-state index is 0.00190.